The number of aliphatic carboxylic acids is 1. The molecule has 0 aliphatic rings. The average Bonchev–Trinajstić information content (AvgIpc) is 2.20. The lowest BCUT2D eigenvalue weighted by atomic mass is 10.0. The zero-order valence-corrected chi connectivity index (χ0v) is 9.04. The number of hydrogen-bond acceptors (Lipinski definition) is 3. The second kappa shape index (κ2) is 5.14. The first-order valence-electron chi connectivity index (χ1n) is 4.57. The van der Waals surface area contributed by atoms with Crippen LogP contribution in [0.2, 0.25) is 5.02 Å². The first-order valence-corrected chi connectivity index (χ1v) is 4.95. The lowest BCUT2D eigenvalue weighted by molar-refractivity contribution is -0.137. The average molecular weight is 248 g/mol. The second-order valence-corrected chi connectivity index (χ2v) is 3.77. The van der Waals surface area contributed by atoms with Gasteiger partial charge in [0.25, 0.3) is 0 Å². The lowest BCUT2D eigenvalue weighted by Crippen LogP contribution is -2.12. The summed E-state index contributed by atoms with van der Waals surface area (Å²) < 4.78 is 12.9. The molecule has 1 rings (SSSR count). The van der Waals surface area contributed by atoms with Crippen molar-refractivity contribution in [1.29, 1.82) is 0 Å². The SMILES string of the molecule is NC(CCC(=O)O)c1cc(Cl)c(F)cc1O. The van der Waals surface area contributed by atoms with Gasteiger partial charge in [-0.25, -0.2) is 4.39 Å². The number of phenols is 1. The molecule has 0 aliphatic heterocycles. The van der Waals surface area contributed by atoms with Gasteiger partial charge in [0.1, 0.15) is 11.6 Å². The Morgan fingerprint density at radius 1 is 1.56 bits per heavy atom. The van der Waals surface area contributed by atoms with Gasteiger partial charge in [0.05, 0.1) is 5.02 Å². The molecule has 1 aromatic rings. The van der Waals surface area contributed by atoms with E-state index < -0.39 is 17.8 Å². The van der Waals surface area contributed by atoms with Crippen LogP contribution < -0.4 is 5.73 Å². The number of nitrogens with two attached hydrogens (primary N) is 1. The quantitative estimate of drug-likeness (QED) is 0.760. The Kier molecular flexibility index (Phi) is 4.09. The van der Waals surface area contributed by atoms with Gasteiger partial charge in [-0.15, -0.1) is 0 Å². The highest BCUT2D eigenvalue weighted by atomic mass is 35.5. The van der Waals surface area contributed by atoms with Crippen LogP contribution in [0.3, 0.4) is 0 Å². The number of rotatable bonds is 4. The van der Waals surface area contributed by atoms with Crippen LogP contribution in [-0.4, -0.2) is 16.2 Å². The fraction of sp³-hybridized carbons (Fsp3) is 0.300. The molecule has 0 aromatic heterocycles. The summed E-state index contributed by atoms with van der Waals surface area (Å²) >= 11 is 5.53. The smallest absolute Gasteiger partial charge is 0.303 e. The molecule has 1 aromatic carbocycles. The summed E-state index contributed by atoms with van der Waals surface area (Å²) in [6.45, 7) is 0. The van der Waals surface area contributed by atoms with E-state index in [1.165, 1.54) is 6.07 Å². The van der Waals surface area contributed by atoms with Crippen LogP contribution in [0.1, 0.15) is 24.4 Å². The van der Waals surface area contributed by atoms with Crippen LogP contribution in [0.25, 0.3) is 0 Å². The summed E-state index contributed by atoms with van der Waals surface area (Å²) in [7, 11) is 0. The zero-order chi connectivity index (χ0) is 12.3. The standard InChI is InChI=1S/C10H11ClFNO3/c11-6-3-5(9(14)4-7(6)12)8(13)1-2-10(15)16/h3-4,8,14H,1-2,13H2,(H,15,16). The van der Waals surface area contributed by atoms with Crippen molar-refractivity contribution in [2.75, 3.05) is 0 Å². The minimum Gasteiger partial charge on any atom is -0.508 e. The number of hydrogen-bond donors (Lipinski definition) is 3. The Labute approximate surface area is 96.4 Å². The Bertz CT molecular complexity index is 411. The summed E-state index contributed by atoms with van der Waals surface area (Å²) in [5.74, 6) is -2.05. The number of phenolic OH excluding ortho intramolecular Hbond substituents is 1. The van der Waals surface area contributed by atoms with E-state index in [1.54, 1.807) is 0 Å². The third-order valence-electron chi connectivity index (χ3n) is 2.14. The third kappa shape index (κ3) is 3.08. The zero-order valence-electron chi connectivity index (χ0n) is 8.28. The van der Waals surface area contributed by atoms with E-state index in [-0.39, 0.29) is 29.2 Å². The molecule has 0 spiro atoms. The highest BCUT2D eigenvalue weighted by Gasteiger charge is 2.15. The van der Waals surface area contributed by atoms with E-state index in [0.717, 1.165) is 6.07 Å². The number of halogens is 2. The van der Waals surface area contributed by atoms with Crippen LogP contribution in [0.5, 0.6) is 5.75 Å². The summed E-state index contributed by atoms with van der Waals surface area (Å²) in [6.07, 6.45) is 0.0143. The molecule has 0 fully saturated rings. The molecule has 88 valence electrons. The molecule has 4 nitrogen and oxygen atoms in total. The van der Waals surface area contributed by atoms with E-state index in [1.807, 2.05) is 0 Å². The van der Waals surface area contributed by atoms with Gasteiger partial charge >= 0.3 is 5.97 Å². The number of aromatic hydroxyl groups is 1. The van der Waals surface area contributed by atoms with Gasteiger partial charge in [0, 0.05) is 24.1 Å². The number of benzene rings is 1. The molecule has 6 heteroatoms. The predicted octanol–water partition coefficient (Wildman–Crippen LogP) is 2.05. The van der Waals surface area contributed by atoms with Crippen molar-refractivity contribution >= 4 is 17.6 Å². The molecular weight excluding hydrogens is 237 g/mol. The van der Waals surface area contributed by atoms with Crippen molar-refractivity contribution in [3.05, 3.63) is 28.5 Å². The van der Waals surface area contributed by atoms with Gasteiger partial charge in [0.15, 0.2) is 0 Å². The normalized spacial score (nSPS) is 12.4. The number of carboxylic acids is 1. The van der Waals surface area contributed by atoms with E-state index in [2.05, 4.69) is 0 Å². The summed E-state index contributed by atoms with van der Waals surface area (Å²) in [4.78, 5) is 10.3. The van der Waals surface area contributed by atoms with Crippen molar-refractivity contribution in [2.24, 2.45) is 5.73 Å². The van der Waals surface area contributed by atoms with Gasteiger partial charge in [-0.05, 0) is 12.5 Å². The van der Waals surface area contributed by atoms with Crippen molar-refractivity contribution in [1.82, 2.24) is 0 Å². The van der Waals surface area contributed by atoms with Crippen LogP contribution in [0, 0.1) is 5.82 Å². The van der Waals surface area contributed by atoms with E-state index in [9.17, 15) is 14.3 Å². The molecule has 1 unspecified atom stereocenters. The fourth-order valence-corrected chi connectivity index (χ4v) is 1.46. The highest BCUT2D eigenvalue weighted by molar-refractivity contribution is 6.30. The van der Waals surface area contributed by atoms with Crippen LogP contribution in [-0.2, 0) is 4.79 Å². The molecule has 0 saturated heterocycles. The van der Waals surface area contributed by atoms with Gasteiger partial charge in [-0.3, -0.25) is 4.79 Å². The molecule has 0 bridgehead atoms. The summed E-state index contributed by atoms with van der Waals surface area (Å²) in [5, 5.41) is 17.7. The highest BCUT2D eigenvalue weighted by Crippen LogP contribution is 2.30. The monoisotopic (exact) mass is 247 g/mol. The molecule has 4 N–H and O–H groups in total. The summed E-state index contributed by atoms with van der Waals surface area (Å²) in [5.41, 5.74) is 5.90. The minimum absolute atomic E-state index is 0.129. The van der Waals surface area contributed by atoms with Gasteiger partial charge in [-0.2, -0.15) is 0 Å². The second-order valence-electron chi connectivity index (χ2n) is 3.36. The predicted molar refractivity (Wildman–Crippen MR) is 56.9 cm³/mol. The summed E-state index contributed by atoms with van der Waals surface area (Å²) in [6, 6.07) is 1.38. The van der Waals surface area contributed by atoms with Crippen LogP contribution >= 0.6 is 11.6 Å². The van der Waals surface area contributed by atoms with Gasteiger partial charge in [-0.1, -0.05) is 11.6 Å². The molecule has 0 saturated carbocycles. The van der Waals surface area contributed by atoms with Gasteiger partial charge in [0.2, 0.25) is 0 Å². The first kappa shape index (κ1) is 12.7. The van der Waals surface area contributed by atoms with Crippen molar-refractivity contribution in [3.8, 4) is 5.75 Å². The molecule has 0 heterocycles. The fourth-order valence-electron chi connectivity index (χ4n) is 1.28. The maximum Gasteiger partial charge on any atom is 0.303 e. The van der Waals surface area contributed by atoms with Crippen LogP contribution in [0.15, 0.2) is 12.1 Å². The Hall–Kier alpha value is -1.33. The maximum absolute atomic E-state index is 12.9. The Morgan fingerprint density at radius 3 is 2.75 bits per heavy atom. The molecule has 0 radical (unpaired) electrons. The minimum atomic E-state index is -0.983. The van der Waals surface area contributed by atoms with Crippen molar-refractivity contribution in [2.45, 2.75) is 18.9 Å². The number of carboxylic acid groups (broad SMARTS) is 1. The van der Waals surface area contributed by atoms with Crippen molar-refractivity contribution < 1.29 is 19.4 Å². The topological polar surface area (TPSA) is 83.6 Å². The van der Waals surface area contributed by atoms with Crippen molar-refractivity contribution in [3.63, 3.8) is 0 Å². The molecule has 16 heavy (non-hydrogen) atoms. The number of carbonyl (C=O) groups is 1. The molecule has 0 aliphatic carbocycles. The molecular formula is C10H11ClFNO3. The molecule has 0 amide bonds. The largest absolute Gasteiger partial charge is 0.508 e. The maximum atomic E-state index is 12.9. The third-order valence-corrected chi connectivity index (χ3v) is 2.43. The van der Waals surface area contributed by atoms with E-state index in [0.29, 0.717) is 0 Å². The lowest BCUT2D eigenvalue weighted by Gasteiger charge is -2.13. The molecule has 1 atom stereocenters. The van der Waals surface area contributed by atoms with E-state index in [4.69, 9.17) is 22.4 Å². The van der Waals surface area contributed by atoms with E-state index >= 15 is 0 Å². The van der Waals surface area contributed by atoms with Crippen LogP contribution in [0.4, 0.5) is 4.39 Å². The Morgan fingerprint density at radius 2 is 2.19 bits per heavy atom. The Balaban J connectivity index is 2.86. The van der Waals surface area contributed by atoms with Gasteiger partial charge < -0.3 is 15.9 Å². The first-order chi connectivity index (χ1) is 7.41.